The minimum Gasteiger partial charge on any atom is -0.496 e. The minimum atomic E-state index is -0.166. The van der Waals surface area contributed by atoms with Crippen molar-refractivity contribution in [1.29, 1.82) is 0 Å². The number of halogens is 1. The van der Waals surface area contributed by atoms with Gasteiger partial charge in [-0.05, 0) is 71.7 Å². The number of hydrogen-bond acceptors (Lipinski definition) is 4. The maximum Gasteiger partial charge on any atom is 0.220 e. The zero-order chi connectivity index (χ0) is 19.8. The second-order valence-electron chi connectivity index (χ2n) is 6.06. The van der Waals surface area contributed by atoms with Crippen LogP contribution < -0.4 is 14.8 Å². The van der Waals surface area contributed by atoms with Gasteiger partial charge in [0.05, 0.1) is 24.2 Å². The maximum absolute atomic E-state index is 12.2. The lowest BCUT2D eigenvalue weighted by Crippen LogP contribution is -2.27. The number of ketones is 1. The molecule has 0 aliphatic heterocycles. The molecule has 0 radical (unpaired) electrons. The highest BCUT2D eigenvalue weighted by atomic mass is 79.9. The Balaban J connectivity index is 1.86. The van der Waals surface area contributed by atoms with Gasteiger partial charge in [-0.2, -0.15) is 0 Å². The Morgan fingerprint density at radius 2 is 1.81 bits per heavy atom. The fourth-order valence-corrected chi connectivity index (χ4v) is 3.18. The van der Waals surface area contributed by atoms with E-state index in [9.17, 15) is 9.59 Å². The minimum absolute atomic E-state index is 0.0620. The number of benzene rings is 2. The normalized spacial score (nSPS) is 11.6. The summed E-state index contributed by atoms with van der Waals surface area (Å²) in [5.41, 5.74) is 1.53. The molecule has 0 bridgehead atoms. The fraction of sp³-hybridized carbons (Fsp3) is 0.333. The topological polar surface area (TPSA) is 64.6 Å². The van der Waals surface area contributed by atoms with E-state index in [0.717, 1.165) is 21.5 Å². The summed E-state index contributed by atoms with van der Waals surface area (Å²) in [6.45, 7) is 4.39. The highest BCUT2D eigenvalue weighted by molar-refractivity contribution is 9.10. The van der Waals surface area contributed by atoms with Gasteiger partial charge in [-0.3, -0.25) is 9.59 Å². The third-order valence-electron chi connectivity index (χ3n) is 4.12. The summed E-state index contributed by atoms with van der Waals surface area (Å²) in [4.78, 5) is 24.4. The molecule has 2 aromatic carbocycles. The fourth-order valence-electron chi connectivity index (χ4n) is 2.62. The molecule has 144 valence electrons. The van der Waals surface area contributed by atoms with Gasteiger partial charge in [0.2, 0.25) is 5.91 Å². The molecule has 0 aliphatic rings. The van der Waals surface area contributed by atoms with E-state index in [4.69, 9.17) is 9.47 Å². The molecular weight excluding hydrogens is 410 g/mol. The third kappa shape index (κ3) is 6.10. The van der Waals surface area contributed by atoms with Gasteiger partial charge >= 0.3 is 0 Å². The van der Waals surface area contributed by atoms with Crippen molar-refractivity contribution < 1.29 is 19.1 Å². The first-order chi connectivity index (χ1) is 12.9. The average molecular weight is 434 g/mol. The molecule has 1 unspecified atom stereocenters. The third-order valence-corrected chi connectivity index (χ3v) is 4.74. The van der Waals surface area contributed by atoms with Crippen molar-refractivity contribution in [3.63, 3.8) is 0 Å². The van der Waals surface area contributed by atoms with Gasteiger partial charge in [-0.15, -0.1) is 0 Å². The van der Waals surface area contributed by atoms with Gasteiger partial charge in [-0.25, -0.2) is 0 Å². The van der Waals surface area contributed by atoms with Gasteiger partial charge < -0.3 is 14.8 Å². The van der Waals surface area contributed by atoms with Crippen molar-refractivity contribution >= 4 is 27.6 Å². The number of hydrogen-bond donors (Lipinski definition) is 1. The molecule has 0 aromatic heterocycles. The van der Waals surface area contributed by atoms with Crippen LogP contribution in [0.4, 0.5) is 0 Å². The van der Waals surface area contributed by atoms with Crippen LogP contribution in [0.5, 0.6) is 11.5 Å². The summed E-state index contributed by atoms with van der Waals surface area (Å²) in [7, 11) is 1.60. The molecule has 0 aliphatic carbocycles. The van der Waals surface area contributed by atoms with Crippen LogP contribution in [-0.4, -0.2) is 25.4 Å². The Morgan fingerprint density at radius 1 is 1.11 bits per heavy atom. The molecule has 0 spiro atoms. The zero-order valence-electron chi connectivity index (χ0n) is 15.8. The van der Waals surface area contributed by atoms with Crippen molar-refractivity contribution in [1.82, 2.24) is 5.32 Å². The van der Waals surface area contributed by atoms with Crippen molar-refractivity contribution in [2.24, 2.45) is 0 Å². The molecule has 1 amide bonds. The monoisotopic (exact) mass is 433 g/mol. The smallest absolute Gasteiger partial charge is 0.220 e. The first-order valence-corrected chi connectivity index (χ1v) is 9.62. The largest absolute Gasteiger partial charge is 0.496 e. The lowest BCUT2D eigenvalue weighted by Gasteiger charge is -2.15. The molecule has 2 rings (SSSR count). The second-order valence-corrected chi connectivity index (χ2v) is 6.92. The summed E-state index contributed by atoms with van der Waals surface area (Å²) in [5, 5.41) is 2.92. The molecule has 6 heteroatoms. The van der Waals surface area contributed by atoms with Gasteiger partial charge in [0.25, 0.3) is 0 Å². The van der Waals surface area contributed by atoms with Crippen molar-refractivity contribution in [3.8, 4) is 11.5 Å². The highest BCUT2D eigenvalue weighted by Crippen LogP contribution is 2.28. The number of rotatable bonds is 9. The van der Waals surface area contributed by atoms with E-state index in [0.29, 0.717) is 12.2 Å². The predicted molar refractivity (Wildman–Crippen MR) is 108 cm³/mol. The predicted octanol–water partition coefficient (Wildman–Crippen LogP) is 4.70. The van der Waals surface area contributed by atoms with Gasteiger partial charge in [0.1, 0.15) is 11.5 Å². The number of carbonyl (C=O) groups excluding carboxylic acids is 2. The second kappa shape index (κ2) is 10.1. The van der Waals surface area contributed by atoms with Crippen molar-refractivity contribution in [3.05, 3.63) is 58.1 Å². The first-order valence-electron chi connectivity index (χ1n) is 8.83. The Hall–Kier alpha value is -2.34. The SMILES string of the molecule is CCOc1ccc(C(=O)CCC(=O)NC(C)c2ccc(OC)c(Br)c2)cc1. The molecule has 5 nitrogen and oxygen atoms in total. The molecule has 0 fully saturated rings. The van der Waals surface area contributed by atoms with E-state index in [1.165, 1.54) is 0 Å². The summed E-state index contributed by atoms with van der Waals surface area (Å²) < 4.78 is 11.4. The van der Waals surface area contributed by atoms with Crippen LogP contribution in [0.2, 0.25) is 0 Å². The summed E-state index contributed by atoms with van der Waals surface area (Å²) in [5.74, 6) is 1.24. The van der Waals surface area contributed by atoms with Crippen LogP contribution in [0.1, 0.15) is 48.7 Å². The van der Waals surface area contributed by atoms with Crippen LogP contribution >= 0.6 is 15.9 Å². The van der Waals surface area contributed by atoms with Crippen molar-refractivity contribution in [2.45, 2.75) is 32.7 Å². The van der Waals surface area contributed by atoms with E-state index >= 15 is 0 Å². The van der Waals surface area contributed by atoms with Gasteiger partial charge in [0.15, 0.2) is 5.78 Å². The van der Waals surface area contributed by atoms with Crippen LogP contribution in [0.15, 0.2) is 46.9 Å². The Bertz CT molecular complexity index is 789. The Kier molecular flexibility index (Phi) is 7.85. The number of methoxy groups -OCH3 is 1. The van der Waals surface area contributed by atoms with Crippen LogP contribution in [0.25, 0.3) is 0 Å². The van der Waals surface area contributed by atoms with E-state index in [1.807, 2.05) is 32.0 Å². The summed E-state index contributed by atoms with van der Waals surface area (Å²) >= 11 is 3.44. The molecule has 0 saturated carbocycles. The molecule has 1 N–H and O–H groups in total. The molecule has 1 atom stereocenters. The lowest BCUT2D eigenvalue weighted by atomic mass is 10.1. The van der Waals surface area contributed by atoms with Crippen LogP contribution in [-0.2, 0) is 4.79 Å². The molecule has 27 heavy (non-hydrogen) atoms. The number of Topliss-reactive ketones (excluding diaryl/α,β-unsaturated/α-hetero) is 1. The zero-order valence-corrected chi connectivity index (χ0v) is 17.3. The van der Waals surface area contributed by atoms with Gasteiger partial charge in [0, 0.05) is 18.4 Å². The van der Waals surface area contributed by atoms with Crippen molar-refractivity contribution in [2.75, 3.05) is 13.7 Å². The molecule has 0 heterocycles. The lowest BCUT2D eigenvalue weighted by molar-refractivity contribution is -0.121. The summed E-state index contributed by atoms with van der Waals surface area (Å²) in [6.07, 6.45) is 0.312. The van der Waals surface area contributed by atoms with Crippen LogP contribution in [0.3, 0.4) is 0 Å². The maximum atomic E-state index is 12.2. The van der Waals surface area contributed by atoms with E-state index in [1.54, 1.807) is 31.4 Å². The number of ether oxygens (including phenoxy) is 2. The van der Waals surface area contributed by atoms with Crippen LogP contribution in [0, 0.1) is 0 Å². The van der Waals surface area contributed by atoms with Gasteiger partial charge in [-0.1, -0.05) is 6.07 Å². The highest BCUT2D eigenvalue weighted by Gasteiger charge is 2.14. The standard InChI is InChI=1S/C21H24BrNO4/c1-4-27-17-8-5-15(6-9-17)19(24)10-12-21(25)23-14(2)16-7-11-20(26-3)18(22)13-16/h5-9,11,13-14H,4,10,12H2,1-3H3,(H,23,25). The number of nitrogens with one attached hydrogen (secondary N) is 1. The van der Waals surface area contributed by atoms with E-state index < -0.39 is 0 Å². The van der Waals surface area contributed by atoms with E-state index in [-0.39, 0.29) is 30.6 Å². The summed E-state index contributed by atoms with van der Waals surface area (Å²) in [6, 6.07) is 12.5. The quantitative estimate of drug-likeness (QED) is 0.582. The number of amides is 1. The number of carbonyl (C=O) groups is 2. The molecular formula is C21H24BrNO4. The molecule has 2 aromatic rings. The van der Waals surface area contributed by atoms with E-state index in [2.05, 4.69) is 21.2 Å². The first kappa shape index (κ1) is 21.0. The molecule has 0 saturated heterocycles. The Labute approximate surface area is 168 Å². The average Bonchev–Trinajstić information content (AvgIpc) is 2.66. The Morgan fingerprint density at radius 3 is 2.41 bits per heavy atom.